The fraction of sp³-hybridized carbons (Fsp3) is 0.231. The maximum absolute atomic E-state index is 12.9. The molecule has 0 aliphatic heterocycles. The highest BCUT2D eigenvalue weighted by Crippen LogP contribution is 2.05. The van der Waals surface area contributed by atoms with Gasteiger partial charge in [-0.05, 0) is 25.1 Å². The van der Waals surface area contributed by atoms with Gasteiger partial charge in [0.1, 0.15) is 5.76 Å². The Labute approximate surface area is 104 Å². The number of pyridine rings is 1. The minimum atomic E-state index is -0.665. The minimum Gasteiger partial charge on any atom is -0.469 e. The van der Waals surface area contributed by atoms with Gasteiger partial charge in [0, 0.05) is 30.3 Å². The molecule has 0 aliphatic rings. The number of nitrogens with one attached hydrogen (secondary N) is 1. The predicted molar refractivity (Wildman–Crippen MR) is 63.5 cm³/mol. The van der Waals surface area contributed by atoms with Crippen LogP contribution in [0.2, 0.25) is 0 Å². The lowest BCUT2D eigenvalue weighted by Crippen LogP contribution is -2.34. The predicted octanol–water partition coefficient (Wildman–Crippen LogP) is 2.17. The molecular weight excluding hydrogens is 235 g/mol. The lowest BCUT2D eigenvalue weighted by atomic mass is 10.1. The van der Waals surface area contributed by atoms with Gasteiger partial charge in [-0.25, -0.2) is 4.98 Å². The first-order valence-electron chi connectivity index (χ1n) is 5.60. The van der Waals surface area contributed by atoms with E-state index in [2.05, 4.69) is 10.3 Å². The number of nitrogens with zero attached hydrogens (tertiary/aromatic N) is 1. The zero-order chi connectivity index (χ0) is 13.0. The normalized spacial score (nSPS) is 12.1. The maximum Gasteiger partial charge on any atom is 0.251 e. The van der Waals surface area contributed by atoms with Crippen LogP contribution in [0.25, 0.3) is 0 Å². The molecule has 1 amide bonds. The summed E-state index contributed by atoms with van der Waals surface area (Å²) in [5.74, 6) is -0.194. The molecule has 0 saturated carbocycles. The SMILES string of the molecule is CC(Cc1ccco1)NC(=O)c1ccnc(F)c1. The van der Waals surface area contributed by atoms with E-state index in [0.717, 1.165) is 11.8 Å². The lowest BCUT2D eigenvalue weighted by Gasteiger charge is -2.12. The van der Waals surface area contributed by atoms with Crippen LogP contribution in [-0.4, -0.2) is 16.9 Å². The number of aromatic nitrogens is 1. The number of hydrogen-bond donors (Lipinski definition) is 1. The van der Waals surface area contributed by atoms with E-state index in [1.54, 1.807) is 12.3 Å². The third-order valence-corrected chi connectivity index (χ3v) is 2.45. The highest BCUT2D eigenvalue weighted by atomic mass is 19.1. The van der Waals surface area contributed by atoms with Crippen LogP contribution >= 0.6 is 0 Å². The van der Waals surface area contributed by atoms with Gasteiger partial charge in [-0.2, -0.15) is 4.39 Å². The summed E-state index contributed by atoms with van der Waals surface area (Å²) < 4.78 is 18.1. The number of furan rings is 1. The number of rotatable bonds is 4. The molecule has 0 bridgehead atoms. The van der Waals surface area contributed by atoms with Gasteiger partial charge < -0.3 is 9.73 Å². The second kappa shape index (κ2) is 5.44. The molecule has 1 N–H and O–H groups in total. The summed E-state index contributed by atoms with van der Waals surface area (Å²) in [6, 6.07) is 6.11. The van der Waals surface area contributed by atoms with E-state index in [0.29, 0.717) is 6.42 Å². The van der Waals surface area contributed by atoms with Crippen LogP contribution in [0, 0.1) is 5.95 Å². The van der Waals surface area contributed by atoms with Crippen molar-refractivity contribution in [1.29, 1.82) is 0 Å². The van der Waals surface area contributed by atoms with Crippen LogP contribution in [0.1, 0.15) is 23.0 Å². The fourth-order valence-electron chi connectivity index (χ4n) is 1.63. The van der Waals surface area contributed by atoms with Crippen molar-refractivity contribution in [2.45, 2.75) is 19.4 Å². The third kappa shape index (κ3) is 3.16. The summed E-state index contributed by atoms with van der Waals surface area (Å²) in [5.41, 5.74) is 0.258. The first kappa shape index (κ1) is 12.3. The Morgan fingerprint density at radius 1 is 1.56 bits per heavy atom. The Morgan fingerprint density at radius 2 is 2.39 bits per heavy atom. The number of carbonyl (C=O) groups is 1. The van der Waals surface area contributed by atoms with Gasteiger partial charge in [-0.3, -0.25) is 4.79 Å². The fourth-order valence-corrected chi connectivity index (χ4v) is 1.63. The molecule has 0 saturated heterocycles. The summed E-state index contributed by atoms with van der Waals surface area (Å²) in [4.78, 5) is 15.2. The van der Waals surface area contributed by atoms with Crippen molar-refractivity contribution < 1.29 is 13.6 Å². The molecule has 2 aromatic rings. The molecule has 1 unspecified atom stereocenters. The van der Waals surface area contributed by atoms with E-state index in [1.807, 2.05) is 13.0 Å². The zero-order valence-corrected chi connectivity index (χ0v) is 9.89. The van der Waals surface area contributed by atoms with Crippen molar-refractivity contribution in [1.82, 2.24) is 10.3 Å². The minimum absolute atomic E-state index is 0.0973. The third-order valence-electron chi connectivity index (χ3n) is 2.45. The summed E-state index contributed by atoms with van der Waals surface area (Å²) in [6.45, 7) is 1.86. The van der Waals surface area contributed by atoms with E-state index in [9.17, 15) is 9.18 Å². The zero-order valence-electron chi connectivity index (χ0n) is 9.89. The molecule has 2 aromatic heterocycles. The van der Waals surface area contributed by atoms with E-state index < -0.39 is 5.95 Å². The topological polar surface area (TPSA) is 55.1 Å². The molecule has 0 aliphatic carbocycles. The van der Waals surface area contributed by atoms with E-state index in [-0.39, 0.29) is 17.5 Å². The Kier molecular flexibility index (Phi) is 3.72. The summed E-state index contributed by atoms with van der Waals surface area (Å²) in [6.07, 6.45) is 3.44. The monoisotopic (exact) mass is 248 g/mol. The molecule has 5 heteroatoms. The van der Waals surface area contributed by atoms with Crippen molar-refractivity contribution in [3.63, 3.8) is 0 Å². The molecule has 0 spiro atoms. The molecule has 2 rings (SSSR count). The van der Waals surface area contributed by atoms with Gasteiger partial charge in [0.2, 0.25) is 5.95 Å². The first-order valence-corrected chi connectivity index (χ1v) is 5.60. The van der Waals surface area contributed by atoms with Crippen molar-refractivity contribution in [3.8, 4) is 0 Å². The Balaban J connectivity index is 1.95. The van der Waals surface area contributed by atoms with Gasteiger partial charge in [0.25, 0.3) is 5.91 Å². The molecule has 18 heavy (non-hydrogen) atoms. The number of halogens is 1. The molecule has 94 valence electrons. The standard InChI is InChI=1S/C13H13FN2O2/c1-9(7-11-3-2-6-18-11)16-13(17)10-4-5-15-12(14)8-10/h2-6,8-9H,7H2,1H3,(H,16,17). The molecule has 0 radical (unpaired) electrons. The molecule has 4 nitrogen and oxygen atoms in total. The van der Waals surface area contributed by atoms with Crippen LogP contribution in [0.4, 0.5) is 4.39 Å². The number of carbonyl (C=O) groups excluding carboxylic acids is 1. The van der Waals surface area contributed by atoms with Crippen molar-refractivity contribution in [2.75, 3.05) is 0 Å². The number of hydrogen-bond acceptors (Lipinski definition) is 3. The highest BCUT2D eigenvalue weighted by molar-refractivity contribution is 5.94. The van der Waals surface area contributed by atoms with Crippen LogP contribution in [0.5, 0.6) is 0 Å². The maximum atomic E-state index is 12.9. The van der Waals surface area contributed by atoms with Gasteiger partial charge in [-0.15, -0.1) is 0 Å². The summed E-state index contributed by atoms with van der Waals surface area (Å²) in [7, 11) is 0. The van der Waals surface area contributed by atoms with Gasteiger partial charge >= 0.3 is 0 Å². The van der Waals surface area contributed by atoms with Gasteiger partial charge in [-0.1, -0.05) is 0 Å². The van der Waals surface area contributed by atoms with Crippen molar-refractivity contribution in [2.24, 2.45) is 0 Å². The summed E-state index contributed by atoms with van der Waals surface area (Å²) >= 11 is 0. The van der Waals surface area contributed by atoms with Crippen LogP contribution in [0.15, 0.2) is 41.1 Å². The van der Waals surface area contributed by atoms with E-state index in [1.165, 1.54) is 12.3 Å². The largest absolute Gasteiger partial charge is 0.469 e. The Morgan fingerprint density at radius 3 is 3.06 bits per heavy atom. The van der Waals surface area contributed by atoms with Gasteiger partial charge in [0.15, 0.2) is 0 Å². The van der Waals surface area contributed by atoms with E-state index >= 15 is 0 Å². The molecule has 1 atom stereocenters. The molecule has 2 heterocycles. The lowest BCUT2D eigenvalue weighted by molar-refractivity contribution is 0.0938. The van der Waals surface area contributed by atoms with Crippen molar-refractivity contribution >= 4 is 5.91 Å². The first-order chi connectivity index (χ1) is 8.65. The molecule has 0 aromatic carbocycles. The quantitative estimate of drug-likeness (QED) is 0.844. The van der Waals surface area contributed by atoms with Crippen LogP contribution in [-0.2, 0) is 6.42 Å². The second-order valence-electron chi connectivity index (χ2n) is 4.03. The van der Waals surface area contributed by atoms with Crippen LogP contribution < -0.4 is 5.32 Å². The Bertz CT molecular complexity index is 526. The molecular formula is C13H13FN2O2. The van der Waals surface area contributed by atoms with Gasteiger partial charge in [0.05, 0.1) is 6.26 Å². The number of amides is 1. The molecule has 0 fully saturated rings. The highest BCUT2D eigenvalue weighted by Gasteiger charge is 2.12. The summed E-state index contributed by atoms with van der Waals surface area (Å²) in [5, 5.41) is 2.77. The smallest absolute Gasteiger partial charge is 0.251 e. The second-order valence-corrected chi connectivity index (χ2v) is 4.03. The van der Waals surface area contributed by atoms with Crippen molar-refractivity contribution in [3.05, 3.63) is 54.0 Å². The van der Waals surface area contributed by atoms with E-state index in [4.69, 9.17) is 4.42 Å². The average Bonchev–Trinajstić information content (AvgIpc) is 2.81. The van der Waals surface area contributed by atoms with Crippen LogP contribution in [0.3, 0.4) is 0 Å². The Hall–Kier alpha value is -2.17. The average molecular weight is 248 g/mol.